The summed E-state index contributed by atoms with van der Waals surface area (Å²) in [5.41, 5.74) is 1.36. The van der Waals surface area contributed by atoms with Crippen LogP contribution in [-0.4, -0.2) is 40.8 Å². The van der Waals surface area contributed by atoms with Gasteiger partial charge in [-0.05, 0) is 29.7 Å². The van der Waals surface area contributed by atoms with Gasteiger partial charge in [0.25, 0.3) is 0 Å². The number of ether oxygens (including phenoxy) is 1. The van der Waals surface area contributed by atoms with E-state index in [4.69, 9.17) is 9.15 Å². The van der Waals surface area contributed by atoms with Crippen LogP contribution < -0.4 is 0 Å². The summed E-state index contributed by atoms with van der Waals surface area (Å²) in [6.45, 7) is 6.62. The first kappa shape index (κ1) is 16.2. The maximum Gasteiger partial charge on any atom is 0.246 e. The average Bonchev–Trinajstić information content (AvgIpc) is 3.06. The summed E-state index contributed by atoms with van der Waals surface area (Å²) < 4.78 is 11.5. The van der Waals surface area contributed by atoms with E-state index in [9.17, 15) is 0 Å². The minimum absolute atomic E-state index is 0.137. The minimum atomic E-state index is -0.137. The number of benzene rings is 2. The molecule has 0 unspecified atom stereocenters. The highest BCUT2D eigenvalue weighted by Crippen LogP contribution is 2.24. The van der Waals surface area contributed by atoms with Crippen molar-refractivity contribution in [2.75, 3.05) is 19.6 Å². The van der Waals surface area contributed by atoms with Crippen LogP contribution in [0.1, 0.15) is 30.4 Å². The topological polar surface area (TPSA) is 51.4 Å². The van der Waals surface area contributed by atoms with Gasteiger partial charge in [-0.25, -0.2) is 0 Å². The van der Waals surface area contributed by atoms with Gasteiger partial charge in [0, 0.05) is 26.6 Å². The maximum absolute atomic E-state index is 5.99. The molecule has 0 N–H and O–H groups in total. The van der Waals surface area contributed by atoms with Crippen LogP contribution in [0, 0.1) is 6.92 Å². The Morgan fingerprint density at radius 2 is 1.92 bits per heavy atom. The Labute approximate surface area is 147 Å². The van der Waals surface area contributed by atoms with Crippen molar-refractivity contribution in [3.63, 3.8) is 0 Å². The molecule has 0 bridgehead atoms. The van der Waals surface area contributed by atoms with E-state index in [1.165, 1.54) is 16.3 Å². The number of aryl methyl sites for hydroxylation is 1. The molecule has 0 amide bonds. The van der Waals surface area contributed by atoms with Gasteiger partial charge in [-0.2, -0.15) is 0 Å². The van der Waals surface area contributed by atoms with Crippen molar-refractivity contribution in [3.8, 4) is 0 Å². The van der Waals surface area contributed by atoms with Crippen LogP contribution in [-0.2, 0) is 11.2 Å². The van der Waals surface area contributed by atoms with Gasteiger partial charge in [-0.1, -0.05) is 42.5 Å². The van der Waals surface area contributed by atoms with Crippen molar-refractivity contribution in [2.24, 2.45) is 0 Å². The SMILES string of the molecule is Cc1nnc([C@H]2CN(CCc3ccc4ccccc4c3)C[C@@H](C)O2)o1. The Morgan fingerprint density at radius 3 is 2.72 bits per heavy atom. The first-order chi connectivity index (χ1) is 12.2. The number of fused-ring (bicyclic) bond motifs is 1. The molecule has 5 heteroatoms. The third kappa shape index (κ3) is 3.72. The molecule has 1 saturated heterocycles. The molecule has 1 aromatic heterocycles. The third-order valence-corrected chi connectivity index (χ3v) is 4.68. The van der Waals surface area contributed by atoms with E-state index in [1.54, 1.807) is 6.92 Å². The van der Waals surface area contributed by atoms with Crippen LogP contribution in [0.4, 0.5) is 0 Å². The fourth-order valence-corrected chi connectivity index (χ4v) is 3.48. The largest absolute Gasteiger partial charge is 0.423 e. The second-order valence-corrected chi connectivity index (χ2v) is 6.79. The van der Waals surface area contributed by atoms with Crippen LogP contribution in [0.2, 0.25) is 0 Å². The lowest BCUT2D eigenvalue weighted by Gasteiger charge is -2.35. The summed E-state index contributed by atoms with van der Waals surface area (Å²) in [4.78, 5) is 2.42. The highest BCUT2D eigenvalue weighted by Gasteiger charge is 2.29. The van der Waals surface area contributed by atoms with Gasteiger partial charge in [0.2, 0.25) is 11.8 Å². The van der Waals surface area contributed by atoms with Gasteiger partial charge >= 0.3 is 0 Å². The van der Waals surface area contributed by atoms with E-state index in [1.807, 2.05) is 0 Å². The Bertz CT molecular complexity index is 861. The summed E-state index contributed by atoms with van der Waals surface area (Å²) in [7, 11) is 0. The van der Waals surface area contributed by atoms with Crippen LogP contribution in [0.25, 0.3) is 10.8 Å². The monoisotopic (exact) mass is 337 g/mol. The first-order valence-corrected chi connectivity index (χ1v) is 8.83. The third-order valence-electron chi connectivity index (χ3n) is 4.68. The molecule has 2 heterocycles. The predicted molar refractivity (Wildman–Crippen MR) is 96.4 cm³/mol. The highest BCUT2D eigenvalue weighted by molar-refractivity contribution is 5.82. The maximum atomic E-state index is 5.99. The first-order valence-electron chi connectivity index (χ1n) is 8.83. The van der Waals surface area contributed by atoms with E-state index >= 15 is 0 Å². The lowest BCUT2D eigenvalue weighted by Crippen LogP contribution is -2.43. The molecule has 0 saturated carbocycles. The molecular formula is C20H23N3O2. The number of nitrogens with zero attached hydrogens (tertiary/aromatic N) is 3. The van der Waals surface area contributed by atoms with Crippen molar-refractivity contribution in [1.82, 2.24) is 15.1 Å². The van der Waals surface area contributed by atoms with E-state index in [2.05, 4.69) is 64.5 Å². The number of rotatable bonds is 4. The molecule has 2 aromatic carbocycles. The van der Waals surface area contributed by atoms with Crippen molar-refractivity contribution in [1.29, 1.82) is 0 Å². The zero-order valence-electron chi connectivity index (χ0n) is 14.7. The van der Waals surface area contributed by atoms with Crippen LogP contribution in [0.3, 0.4) is 0 Å². The summed E-state index contributed by atoms with van der Waals surface area (Å²) >= 11 is 0. The van der Waals surface area contributed by atoms with Crippen LogP contribution >= 0.6 is 0 Å². The molecule has 0 spiro atoms. The fourth-order valence-electron chi connectivity index (χ4n) is 3.48. The molecule has 25 heavy (non-hydrogen) atoms. The fraction of sp³-hybridized carbons (Fsp3) is 0.400. The van der Waals surface area contributed by atoms with Gasteiger partial charge < -0.3 is 9.15 Å². The lowest BCUT2D eigenvalue weighted by molar-refractivity contribution is -0.0890. The number of hydrogen-bond donors (Lipinski definition) is 0. The summed E-state index contributed by atoms with van der Waals surface area (Å²) in [6, 6.07) is 15.2. The number of aromatic nitrogens is 2. The van der Waals surface area contributed by atoms with E-state index in [0.717, 1.165) is 26.1 Å². The van der Waals surface area contributed by atoms with Crippen molar-refractivity contribution >= 4 is 10.8 Å². The second kappa shape index (κ2) is 6.94. The Morgan fingerprint density at radius 1 is 1.08 bits per heavy atom. The number of morpholine rings is 1. The summed E-state index contributed by atoms with van der Waals surface area (Å²) in [5, 5.41) is 10.6. The van der Waals surface area contributed by atoms with Crippen molar-refractivity contribution in [2.45, 2.75) is 32.5 Å². The molecule has 4 rings (SSSR count). The summed E-state index contributed by atoms with van der Waals surface area (Å²) in [5.74, 6) is 1.17. The van der Waals surface area contributed by atoms with Gasteiger partial charge in [0.05, 0.1) is 6.10 Å². The van der Waals surface area contributed by atoms with Crippen LogP contribution in [0.15, 0.2) is 46.9 Å². The quantitative estimate of drug-likeness (QED) is 0.729. The Balaban J connectivity index is 1.42. The zero-order chi connectivity index (χ0) is 17.2. The van der Waals surface area contributed by atoms with Crippen molar-refractivity contribution < 1.29 is 9.15 Å². The van der Waals surface area contributed by atoms with E-state index in [-0.39, 0.29) is 12.2 Å². The van der Waals surface area contributed by atoms with Crippen molar-refractivity contribution in [3.05, 3.63) is 59.8 Å². The van der Waals surface area contributed by atoms with Crippen LogP contribution in [0.5, 0.6) is 0 Å². The molecule has 2 atom stereocenters. The molecule has 130 valence electrons. The minimum Gasteiger partial charge on any atom is -0.423 e. The smallest absolute Gasteiger partial charge is 0.246 e. The molecule has 0 aliphatic carbocycles. The van der Waals surface area contributed by atoms with Gasteiger partial charge in [0.1, 0.15) is 6.10 Å². The predicted octanol–water partition coefficient (Wildman–Crippen LogP) is 3.54. The Hall–Kier alpha value is -2.24. The van der Waals surface area contributed by atoms with E-state index in [0.29, 0.717) is 11.8 Å². The standard InChI is InChI=1S/C20H23N3O2/c1-14-12-23(13-19(24-14)20-22-21-15(2)25-20)10-9-16-7-8-17-5-3-4-6-18(17)11-16/h3-8,11,14,19H,9-10,12-13H2,1-2H3/t14-,19-/m1/s1. The molecule has 3 aromatic rings. The van der Waals surface area contributed by atoms with E-state index < -0.39 is 0 Å². The zero-order valence-corrected chi connectivity index (χ0v) is 14.7. The molecular weight excluding hydrogens is 314 g/mol. The lowest BCUT2D eigenvalue weighted by atomic mass is 10.0. The van der Waals surface area contributed by atoms with Gasteiger partial charge in [0.15, 0.2) is 0 Å². The van der Waals surface area contributed by atoms with Gasteiger partial charge in [-0.15, -0.1) is 10.2 Å². The second-order valence-electron chi connectivity index (χ2n) is 6.79. The Kier molecular flexibility index (Phi) is 4.51. The molecule has 0 radical (unpaired) electrons. The summed E-state index contributed by atoms with van der Waals surface area (Å²) in [6.07, 6.45) is 1.04. The normalized spacial score (nSPS) is 21.7. The number of hydrogen-bond acceptors (Lipinski definition) is 5. The van der Waals surface area contributed by atoms with Gasteiger partial charge in [-0.3, -0.25) is 4.90 Å². The molecule has 5 nitrogen and oxygen atoms in total. The molecule has 1 aliphatic heterocycles. The highest BCUT2D eigenvalue weighted by atomic mass is 16.5. The molecule has 1 fully saturated rings. The molecule has 1 aliphatic rings. The average molecular weight is 337 g/mol.